The number of hydrogen-bond donors (Lipinski definition) is 3. The van der Waals surface area contributed by atoms with E-state index in [-0.39, 0.29) is 17.9 Å². The largest absolute Gasteiger partial charge is 0.354 e. The van der Waals surface area contributed by atoms with Gasteiger partial charge in [0.05, 0.1) is 0 Å². The van der Waals surface area contributed by atoms with Crippen LogP contribution in [0.2, 0.25) is 0 Å². The summed E-state index contributed by atoms with van der Waals surface area (Å²) < 4.78 is 0. The number of piperidine rings is 1. The maximum atomic E-state index is 11.7. The van der Waals surface area contributed by atoms with Crippen LogP contribution < -0.4 is 16.0 Å². The minimum absolute atomic E-state index is 0.0861. The Hall–Kier alpha value is -1.10. The highest BCUT2D eigenvalue weighted by Crippen LogP contribution is 2.09. The Morgan fingerprint density at radius 3 is 2.94 bits per heavy atom. The number of rotatable bonds is 3. The van der Waals surface area contributed by atoms with Gasteiger partial charge in [0.1, 0.15) is 0 Å². The lowest BCUT2D eigenvalue weighted by atomic mass is 10.1. The maximum Gasteiger partial charge on any atom is 0.221 e. The monoisotopic (exact) mass is 225 g/mol. The highest BCUT2D eigenvalue weighted by Gasteiger charge is 2.22. The minimum atomic E-state index is 0.0861. The molecule has 16 heavy (non-hydrogen) atoms. The van der Waals surface area contributed by atoms with Crippen LogP contribution in [0.5, 0.6) is 0 Å². The van der Waals surface area contributed by atoms with Crippen molar-refractivity contribution in [2.45, 2.75) is 44.2 Å². The Morgan fingerprint density at radius 1 is 1.44 bits per heavy atom. The van der Waals surface area contributed by atoms with Gasteiger partial charge in [-0.2, -0.15) is 0 Å². The van der Waals surface area contributed by atoms with Crippen molar-refractivity contribution in [1.82, 2.24) is 16.0 Å². The number of amides is 2. The van der Waals surface area contributed by atoms with Gasteiger partial charge < -0.3 is 16.0 Å². The van der Waals surface area contributed by atoms with E-state index in [1.165, 1.54) is 0 Å². The fourth-order valence-electron chi connectivity index (χ4n) is 2.30. The van der Waals surface area contributed by atoms with E-state index in [2.05, 4.69) is 16.0 Å². The SMILES string of the molecule is O=C1CCC(NC(=O)CC2CCCN2)CN1. The first-order valence-electron chi connectivity index (χ1n) is 6.03. The van der Waals surface area contributed by atoms with Crippen LogP contribution in [0.3, 0.4) is 0 Å². The van der Waals surface area contributed by atoms with E-state index in [0.29, 0.717) is 25.4 Å². The first-order valence-corrected chi connectivity index (χ1v) is 6.03. The zero-order valence-electron chi connectivity index (χ0n) is 9.42. The number of nitrogens with one attached hydrogen (secondary N) is 3. The van der Waals surface area contributed by atoms with Gasteiger partial charge in [0.2, 0.25) is 11.8 Å². The van der Waals surface area contributed by atoms with Gasteiger partial charge in [0.25, 0.3) is 0 Å². The molecule has 90 valence electrons. The number of hydrogen-bond acceptors (Lipinski definition) is 3. The van der Waals surface area contributed by atoms with Crippen LogP contribution in [0.15, 0.2) is 0 Å². The van der Waals surface area contributed by atoms with Gasteiger partial charge >= 0.3 is 0 Å². The summed E-state index contributed by atoms with van der Waals surface area (Å²) in [5.41, 5.74) is 0. The van der Waals surface area contributed by atoms with Crippen molar-refractivity contribution in [3.63, 3.8) is 0 Å². The quantitative estimate of drug-likeness (QED) is 0.608. The van der Waals surface area contributed by atoms with Crippen LogP contribution in [0.1, 0.15) is 32.1 Å². The van der Waals surface area contributed by atoms with Crippen LogP contribution in [0.25, 0.3) is 0 Å². The lowest BCUT2D eigenvalue weighted by molar-refractivity contribution is -0.125. The molecular weight excluding hydrogens is 206 g/mol. The van der Waals surface area contributed by atoms with E-state index in [0.717, 1.165) is 25.8 Å². The molecule has 2 rings (SSSR count). The molecule has 5 heteroatoms. The van der Waals surface area contributed by atoms with Crippen molar-refractivity contribution in [2.24, 2.45) is 0 Å². The molecule has 2 atom stereocenters. The second-order valence-electron chi connectivity index (χ2n) is 4.60. The van der Waals surface area contributed by atoms with Gasteiger partial charge in [-0.3, -0.25) is 9.59 Å². The van der Waals surface area contributed by atoms with Gasteiger partial charge in [0, 0.05) is 31.5 Å². The molecule has 0 aliphatic carbocycles. The van der Waals surface area contributed by atoms with Gasteiger partial charge in [-0.15, -0.1) is 0 Å². The third kappa shape index (κ3) is 3.20. The normalized spacial score (nSPS) is 29.9. The van der Waals surface area contributed by atoms with Gasteiger partial charge in [0.15, 0.2) is 0 Å². The third-order valence-corrected chi connectivity index (χ3v) is 3.22. The Balaban J connectivity index is 1.68. The second-order valence-corrected chi connectivity index (χ2v) is 4.60. The lowest BCUT2D eigenvalue weighted by Gasteiger charge is -2.24. The molecule has 2 saturated heterocycles. The van der Waals surface area contributed by atoms with E-state index in [4.69, 9.17) is 0 Å². The van der Waals surface area contributed by atoms with E-state index in [9.17, 15) is 9.59 Å². The molecule has 2 amide bonds. The van der Waals surface area contributed by atoms with Gasteiger partial charge in [-0.05, 0) is 25.8 Å². The summed E-state index contributed by atoms with van der Waals surface area (Å²) in [5.74, 6) is 0.184. The van der Waals surface area contributed by atoms with Gasteiger partial charge in [-0.1, -0.05) is 0 Å². The summed E-state index contributed by atoms with van der Waals surface area (Å²) in [7, 11) is 0. The summed E-state index contributed by atoms with van der Waals surface area (Å²) in [6.45, 7) is 1.60. The van der Waals surface area contributed by atoms with Crippen molar-refractivity contribution in [1.29, 1.82) is 0 Å². The standard InChI is InChI=1S/C11H19N3O2/c15-10-4-3-9(7-13-10)14-11(16)6-8-2-1-5-12-8/h8-9,12H,1-7H2,(H,13,15)(H,14,16). The topological polar surface area (TPSA) is 70.2 Å². The molecule has 0 saturated carbocycles. The summed E-state index contributed by atoms with van der Waals surface area (Å²) in [6.07, 6.45) is 4.10. The van der Waals surface area contributed by atoms with Gasteiger partial charge in [-0.25, -0.2) is 0 Å². The number of carbonyl (C=O) groups is 2. The second kappa shape index (κ2) is 5.30. The third-order valence-electron chi connectivity index (χ3n) is 3.22. The van der Waals surface area contributed by atoms with Crippen molar-refractivity contribution in [2.75, 3.05) is 13.1 Å². The molecule has 0 aromatic heterocycles. The highest BCUT2D eigenvalue weighted by molar-refractivity contribution is 5.79. The average molecular weight is 225 g/mol. The van der Waals surface area contributed by atoms with Crippen LogP contribution in [-0.2, 0) is 9.59 Å². The van der Waals surface area contributed by atoms with Crippen LogP contribution >= 0.6 is 0 Å². The summed E-state index contributed by atoms with van der Waals surface area (Å²) in [5, 5.41) is 9.04. The molecule has 5 nitrogen and oxygen atoms in total. The summed E-state index contributed by atoms with van der Waals surface area (Å²) in [6, 6.07) is 0.463. The van der Waals surface area contributed by atoms with E-state index in [1.807, 2.05) is 0 Å². The molecule has 2 aliphatic heterocycles. The summed E-state index contributed by atoms with van der Waals surface area (Å²) >= 11 is 0. The van der Waals surface area contributed by atoms with Crippen LogP contribution in [-0.4, -0.2) is 37.0 Å². The lowest BCUT2D eigenvalue weighted by Crippen LogP contribution is -2.48. The Kier molecular flexibility index (Phi) is 3.77. The van der Waals surface area contributed by atoms with Crippen molar-refractivity contribution in [3.05, 3.63) is 0 Å². The maximum absolute atomic E-state index is 11.7. The van der Waals surface area contributed by atoms with Crippen LogP contribution in [0, 0.1) is 0 Å². The van der Waals surface area contributed by atoms with Crippen molar-refractivity contribution < 1.29 is 9.59 Å². The molecule has 0 aromatic carbocycles. The fourth-order valence-corrected chi connectivity index (χ4v) is 2.30. The van der Waals surface area contributed by atoms with Crippen molar-refractivity contribution in [3.8, 4) is 0 Å². The average Bonchev–Trinajstić information content (AvgIpc) is 2.74. The predicted octanol–water partition coefficient (Wildman–Crippen LogP) is -0.477. The highest BCUT2D eigenvalue weighted by atomic mass is 16.2. The van der Waals surface area contributed by atoms with Crippen LogP contribution in [0.4, 0.5) is 0 Å². The zero-order chi connectivity index (χ0) is 11.4. The molecule has 2 unspecified atom stereocenters. The molecule has 0 radical (unpaired) electrons. The fraction of sp³-hybridized carbons (Fsp3) is 0.818. The van der Waals surface area contributed by atoms with E-state index in [1.54, 1.807) is 0 Å². The zero-order valence-corrected chi connectivity index (χ0v) is 9.42. The Morgan fingerprint density at radius 2 is 2.31 bits per heavy atom. The molecule has 2 heterocycles. The van der Waals surface area contributed by atoms with E-state index < -0.39 is 0 Å². The van der Waals surface area contributed by atoms with E-state index >= 15 is 0 Å². The molecular formula is C11H19N3O2. The first kappa shape index (κ1) is 11.4. The molecule has 2 aliphatic rings. The minimum Gasteiger partial charge on any atom is -0.354 e. The molecule has 0 bridgehead atoms. The Labute approximate surface area is 95.3 Å². The summed E-state index contributed by atoms with van der Waals surface area (Å²) in [4.78, 5) is 22.6. The molecule has 3 N–H and O–H groups in total. The Bertz CT molecular complexity index is 264. The van der Waals surface area contributed by atoms with Crippen molar-refractivity contribution >= 4 is 11.8 Å². The first-order chi connectivity index (χ1) is 7.74. The smallest absolute Gasteiger partial charge is 0.221 e. The molecule has 2 fully saturated rings. The number of carbonyl (C=O) groups excluding carboxylic acids is 2. The predicted molar refractivity (Wildman–Crippen MR) is 59.8 cm³/mol. The molecule has 0 spiro atoms. The molecule has 0 aromatic rings.